The van der Waals surface area contributed by atoms with E-state index in [1.807, 2.05) is 43.5 Å². The van der Waals surface area contributed by atoms with Crippen LogP contribution in [-0.2, 0) is 0 Å². The number of nitrogens with two attached hydrogens (primary N) is 2. The van der Waals surface area contributed by atoms with E-state index in [1.54, 1.807) is 4.90 Å². The van der Waals surface area contributed by atoms with Crippen molar-refractivity contribution in [3.63, 3.8) is 0 Å². The average molecular weight is 341 g/mol. The number of carbonyl (C=O) groups is 1. The summed E-state index contributed by atoms with van der Waals surface area (Å²) >= 11 is 1.53. The number of fused-ring (bicyclic) bond motifs is 1. The van der Waals surface area contributed by atoms with E-state index in [9.17, 15) is 4.79 Å². The highest BCUT2D eigenvalue weighted by atomic mass is 32.1. The molecule has 6 nitrogen and oxygen atoms in total. The van der Waals surface area contributed by atoms with Gasteiger partial charge in [0.25, 0.3) is 0 Å². The van der Waals surface area contributed by atoms with Crippen LogP contribution in [0.4, 0.5) is 16.3 Å². The van der Waals surface area contributed by atoms with Crippen LogP contribution in [0, 0.1) is 5.92 Å². The molecule has 1 aromatic carbocycles. The van der Waals surface area contributed by atoms with Crippen LogP contribution in [-0.4, -0.2) is 22.5 Å². The van der Waals surface area contributed by atoms with Gasteiger partial charge in [-0.1, -0.05) is 26.0 Å². The van der Waals surface area contributed by atoms with E-state index in [4.69, 9.17) is 11.5 Å². The van der Waals surface area contributed by atoms with E-state index in [-0.39, 0.29) is 0 Å². The Labute approximate surface area is 144 Å². The van der Waals surface area contributed by atoms with E-state index >= 15 is 0 Å². The number of rotatable bonds is 4. The van der Waals surface area contributed by atoms with Gasteiger partial charge in [-0.25, -0.2) is 14.8 Å². The molecule has 3 rings (SSSR count). The van der Waals surface area contributed by atoms with Gasteiger partial charge in [-0.2, -0.15) is 0 Å². The molecule has 0 saturated heterocycles. The lowest BCUT2D eigenvalue weighted by Crippen LogP contribution is -2.38. The maximum absolute atomic E-state index is 11.7. The van der Waals surface area contributed by atoms with Gasteiger partial charge in [0.05, 0.1) is 5.39 Å². The minimum Gasteiger partial charge on any atom is -0.383 e. The van der Waals surface area contributed by atoms with Gasteiger partial charge in [0, 0.05) is 23.2 Å². The number of thiophene rings is 1. The van der Waals surface area contributed by atoms with Crippen molar-refractivity contribution in [2.45, 2.75) is 13.8 Å². The molecule has 2 aromatic heterocycles. The molecule has 7 heteroatoms. The fourth-order valence-electron chi connectivity index (χ4n) is 2.62. The van der Waals surface area contributed by atoms with Gasteiger partial charge in [0.15, 0.2) is 0 Å². The van der Waals surface area contributed by atoms with Crippen molar-refractivity contribution >= 4 is 39.1 Å². The Balaban J connectivity index is 1.98. The Bertz CT molecular complexity index is 872. The maximum Gasteiger partial charge on any atom is 0.319 e. The van der Waals surface area contributed by atoms with Gasteiger partial charge < -0.3 is 11.5 Å². The molecule has 24 heavy (non-hydrogen) atoms. The Morgan fingerprint density at radius 2 is 1.96 bits per heavy atom. The first-order valence-corrected chi connectivity index (χ1v) is 8.50. The fourth-order valence-corrected chi connectivity index (χ4v) is 3.54. The molecule has 124 valence electrons. The number of amides is 2. The number of anilines is 2. The van der Waals surface area contributed by atoms with Crippen molar-refractivity contribution in [2.75, 3.05) is 17.2 Å². The molecule has 0 aliphatic rings. The average Bonchev–Trinajstić information content (AvgIpc) is 2.98. The minimum atomic E-state index is -0.449. The summed E-state index contributed by atoms with van der Waals surface area (Å²) in [6.07, 6.45) is 1.47. The SMILES string of the molecule is CC(C)CN(C(N)=O)c1ccc(-c2csc3ncnc(N)c23)cc1. The zero-order chi connectivity index (χ0) is 17.3. The number of urea groups is 1. The standard InChI is InChI=1S/C17H19N5OS/c1-10(2)7-22(17(19)23)12-5-3-11(4-6-12)13-8-24-16-14(13)15(18)20-9-21-16/h3-6,8-10H,7H2,1-2H3,(H2,19,23)(H2,18,20,21). The van der Waals surface area contributed by atoms with Crippen LogP contribution in [0.5, 0.6) is 0 Å². The molecular weight excluding hydrogens is 322 g/mol. The zero-order valence-corrected chi connectivity index (χ0v) is 14.4. The Morgan fingerprint density at radius 3 is 2.58 bits per heavy atom. The zero-order valence-electron chi connectivity index (χ0n) is 13.6. The van der Waals surface area contributed by atoms with E-state index in [0.717, 1.165) is 27.0 Å². The predicted octanol–water partition coefficient (Wildman–Crippen LogP) is 3.48. The van der Waals surface area contributed by atoms with E-state index < -0.39 is 6.03 Å². The molecule has 0 bridgehead atoms. The molecule has 0 radical (unpaired) electrons. The Hall–Kier alpha value is -2.67. The molecule has 0 aliphatic carbocycles. The quantitative estimate of drug-likeness (QED) is 0.759. The minimum absolute atomic E-state index is 0.329. The van der Waals surface area contributed by atoms with E-state index in [1.165, 1.54) is 17.7 Å². The van der Waals surface area contributed by atoms with Gasteiger partial charge in [-0.05, 0) is 23.6 Å². The summed E-state index contributed by atoms with van der Waals surface area (Å²) in [6.45, 7) is 4.67. The van der Waals surface area contributed by atoms with E-state index in [2.05, 4.69) is 9.97 Å². The number of nitrogen functional groups attached to an aromatic ring is 1. The van der Waals surface area contributed by atoms with Gasteiger partial charge in [-0.3, -0.25) is 4.90 Å². The summed E-state index contributed by atoms with van der Waals surface area (Å²) in [5.41, 5.74) is 14.3. The lowest BCUT2D eigenvalue weighted by molar-refractivity contribution is 0.253. The second-order valence-corrected chi connectivity index (χ2v) is 6.84. The molecular formula is C17H19N5OS. The molecule has 0 saturated carbocycles. The molecule has 0 atom stereocenters. The lowest BCUT2D eigenvalue weighted by atomic mass is 10.1. The van der Waals surface area contributed by atoms with Gasteiger partial charge in [0.2, 0.25) is 0 Å². The number of hydrogen-bond donors (Lipinski definition) is 2. The number of carbonyl (C=O) groups excluding carboxylic acids is 1. The predicted molar refractivity (Wildman–Crippen MR) is 99.0 cm³/mol. The van der Waals surface area contributed by atoms with Crippen LogP contribution >= 0.6 is 11.3 Å². The van der Waals surface area contributed by atoms with E-state index in [0.29, 0.717) is 18.3 Å². The van der Waals surface area contributed by atoms with Gasteiger partial charge in [0.1, 0.15) is 17.0 Å². The van der Waals surface area contributed by atoms with Gasteiger partial charge >= 0.3 is 6.03 Å². The summed E-state index contributed by atoms with van der Waals surface area (Å²) in [5, 5.41) is 2.88. The first-order valence-electron chi connectivity index (χ1n) is 7.62. The van der Waals surface area contributed by atoms with Crippen molar-refractivity contribution in [3.8, 4) is 11.1 Å². The molecule has 0 spiro atoms. The third-order valence-corrected chi connectivity index (χ3v) is 4.59. The summed E-state index contributed by atoms with van der Waals surface area (Å²) < 4.78 is 0. The molecule has 0 fully saturated rings. The van der Waals surface area contributed by atoms with Crippen LogP contribution in [0.3, 0.4) is 0 Å². The van der Waals surface area contributed by atoms with Crippen LogP contribution in [0.15, 0.2) is 36.0 Å². The lowest BCUT2D eigenvalue weighted by Gasteiger charge is -2.22. The largest absolute Gasteiger partial charge is 0.383 e. The first-order chi connectivity index (χ1) is 11.5. The number of aromatic nitrogens is 2. The monoisotopic (exact) mass is 341 g/mol. The van der Waals surface area contributed by atoms with Crippen molar-refractivity contribution in [3.05, 3.63) is 36.0 Å². The molecule has 4 N–H and O–H groups in total. The van der Waals surface area contributed by atoms with Crippen molar-refractivity contribution in [2.24, 2.45) is 11.7 Å². The Morgan fingerprint density at radius 1 is 1.25 bits per heavy atom. The number of benzene rings is 1. The molecule has 0 unspecified atom stereocenters. The first kappa shape index (κ1) is 16.2. The third kappa shape index (κ3) is 3.03. The summed E-state index contributed by atoms with van der Waals surface area (Å²) in [4.78, 5) is 22.4. The molecule has 0 aliphatic heterocycles. The van der Waals surface area contributed by atoms with Crippen LogP contribution in [0.2, 0.25) is 0 Å². The Kier molecular flexibility index (Phi) is 4.35. The third-order valence-electron chi connectivity index (χ3n) is 3.70. The van der Waals surface area contributed by atoms with Crippen LogP contribution < -0.4 is 16.4 Å². The molecule has 2 heterocycles. The summed E-state index contributed by atoms with van der Waals surface area (Å²) in [6, 6.07) is 7.26. The highest BCUT2D eigenvalue weighted by molar-refractivity contribution is 7.17. The van der Waals surface area contributed by atoms with Crippen LogP contribution in [0.25, 0.3) is 21.3 Å². The smallest absolute Gasteiger partial charge is 0.319 e. The van der Waals surface area contributed by atoms with Crippen molar-refractivity contribution < 1.29 is 4.79 Å². The van der Waals surface area contributed by atoms with Crippen molar-refractivity contribution in [1.82, 2.24) is 9.97 Å². The van der Waals surface area contributed by atoms with Crippen molar-refractivity contribution in [1.29, 1.82) is 0 Å². The fraction of sp³-hybridized carbons (Fsp3) is 0.235. The van der Waals surface area contributed by atoms with Crippen LogP contribution in [0.1, 0.15) is 13.8 Å². The number of nitrogens with zero attached hydrogens (tertiary/aromatic N) is 3. The molecule has 2 amide bonds. The second-order valence-electron chi connectivity index (χ2n) is 5.98. The topological polar surface area (TPSA) is 98.1 Å². The second kappa shape index (κ2) is 6.45. The normalized spacial score (nSPS) is 11.1. The maximum atomic E-state index is 11.7. The highest BCUT2D eigenvalue weighted by Gasteiger charge is 2.15. The number of primary amides is 1. The summed E-state index contributed by atoms with van der Waals surface area (Å²) in [7, 11) is 0. The summed E-state index contributed by atoms with van der Waals surface area (Å²) in [5.74, 6) is 0.800. The number of hydrogen-bond acceptors (Lipinski definition) is 5. The van der Waals surface area contributed by atoms with Gasteiger partial charge in [-0.15, -0.1) is 11.3 Å². The highest BCUT2D eigenvalue weighted by Crippen LogP contribution is 2.36. The molecule has 3 aromatic rings.